The van der Waals surface area contributed by atoms with E-state index in [0.29, 0.717) is 69.5 Å². The number of alkyl halides is 3. The summed E-state index contributed by atoms with van der Waals surface area (Å²) >= 11 is 0. The fourth-order valence-corrected chi connectivity index (χ4v) is 6.00. The molecule has 6 rings (SSSR count). The number of aromatic nitrogens is 5. The number of ether oxygens (including phenoxy) is 1. The lowest BCUT2D eigenvalue weighted by molar-refractivity contribution is -0.141. The number of imidazole rings is 1. The van der Waals surface area contributed by atoms with E-state index in [1.54, 1.807) is 66.3 Å². The number of rotatable bonds is 7. The third-order valence-corrected chi connectivity index (χ3v) is 7.96. The van der Waals surface area contributed by atoms with E-state index in [2.05, 4.69) is 15.1 Å². The van der Waals surface area contributed by atoms with Crippen molar-refractivity contribution in [2.75, 3.05) is 18.1 Å². The zero-order valence-electron chi connectivity index (χ0n) is 25.3. The van der Waals surface area contributed by atoms with Crippen molar-refractivity contribution in [3.05, 3.63) is 94.5 Å². The lowest BCUT2D eigenvalue weighted by Gasteiger charge is -2.32. The van der Waals surface area contributed by atoms with Gasteiger partial charge in [0, 0.05) is 60.9 Å². The minimum Gasteiger partial charge on any atom is -0.462 e. The van der Waals surface area contributed by atoms with E-state index in [1.807, 2.05) is 13.0 Å². The van der Waals surface area contributed by atoms with Crippen LogP contribution in [0, 0.1) is 6.92 Å². The Morgan fingerprint density at radius 3 is 2.51 bits per heavy atom. The maximum absolute atomic E-state index is 14.4. The molecule has 1 aliphatic rings. The number of esters is 1. The van der Waals surface area contributed by atoms with Gasteiger partial charge in [0.1, 0.15) is 0 Å². The minimum absolute atomic E-state index is 0.0770. The van der Waals surface area contributed by atoms with Crippen molar-refractivity contribution in [2.45, 2.75) is 46.3 Å². The molecule has 12 heteroatoms. The Bertz CT molecular complexity index is 1950. The lowest BCUT2D eigenvalue weighted by atomic mass is 9.87. The molecule has 9 nitrogen and oxygen atoms in total. The van der Waals surface area contributed by atoms with Crippen molar-refractivity contribution in [1.29, 1.82) is 0 Å². The van der Waals surface area contributed by atoms with Crippen LogP contribution >= 0.6 is 0 Å². The highest BCUT2D eigenvalue weighted by Gasteiger charge is 2.39. The highest BCUT2D eigenvalue weighted by Crippen LogP contribution is 2.41. The van der Waals surface area contributed by atoms with Gasteiger partial charge in [-0.25, -0.2) is 9.78 Å². The normalized spacial score (nSPS) is 13.4. The number of anilines is 1. The Morgan fingerprint density at radius 2 is 1.82 bits per heavy atom. The second kappa shape index (κ2) is 11.5. The maximum Gasteiger partial charge on any atom is 0.435 e. The van der Waals surface area contributed by atoms with Gasteiger partial charge in [0.15, 0.2) is 5.69 Å². The molecule has 1 amide bonds. The van der Waals surface area contributed by atoms with E-state index in [9.17, 15) is 22.8 Å². The van der Waals surface area contributed by atoms with Crippen molar-refractivity contribution < 1.29 is 27.5 Å². The number of nitrogens with zero attached hydrogens (tertiary/aromatic N) is 6. The Labute approximate surface area is 257 Å². The van der Waals surface area contributed by atoms with E-state index in [0.717, 1.165) is 10.2 Å². The molecule has 2 aromatic carbocycles. The van der Waals surface area contributed by atoms with Crippen molar-refractivity contribution in [1.82, 2.24) is 24.3 Å². The van der Waals surface area contributed by atoms with Gasteiger partial charge >= 0.3 is 12.1 Å². The summed E-state index contributed by atoms with van der Waals surface area (Å²) in [6.45, 7) is 6.21. The molecule has 0 unspecified atom stereocenters. The van der Waals surface area contributed by atoms with Crippen LogP contribution in [0.5, 0.6) is 0 Å². The molecule has 45 heavy (non-hydrogen) atoms. The van der Waals surface area contributed by atoms with E-state index >= 15 is 0 Å². The lowest BCUT2D eigenvalue weighted by Crippen LogP contribution is -2.38. The van der Waals surface area contributed by atoms with Crippen LogP contribution < -0.4 is 4.90 Å². The first-order valence-electron chi connectivity index (χ1n) is 14.6. The molecular formula is C33H31F3N6O3. The SMILES string of the molecule is CCOC(=O)c1cc(CC)cc2c(N3CCc4c(cc(Cn5ccnc5)cc4-c4cn(C)nc4C(F)(F)F)C3=O)cc(C)nc12. The van der Waals surface area contributed by atoms with Crippen LogP contribution in [0.4, 0.5) is 18.9 Å². The van der Waals surface area contributed by atoms with Gasteiger partial charge < -0.3 is 14.2 Å². The molecule has 0 saturated heterocycles. The summed E-state index contributed by atoms with van der Waals surface area (Å²) in [6, 6.07) is 8.95. The third kappa shape index (κ3) is 5.56. The number of hydrogen-bond donors (Lipinski definition) is 0. The van der Waals surface area contributed by atoms with Gasteiger partial charge in [-0.15, -0.1) is 0 Å². The number of fused-ring (bicyclic) bond motifs is 2. The summed E-state index contributed by atoms with van der Waals surface area (Å²) in [5, 5.41) is 4.35. The number of pyridine rings is 1. The van der Waals surface area contributed by atoms with E-state index in [1.165, 1.54) is 13.2 Å². The van der Waals surface area contributed by atoms with Crippen LogP contribution in [-0.4, -0.2) is 49.3 Å². The third-order valence-electron chi connectivity index (χ3n) is 7.96. The molecule has 0 bridgehead atoms. The number of hydrogen-bond acceptors (Lipinski definition) is 6. The first kappa shape index (κ1) is 30.0. The van der Waals surface area contributed by atoms with Crippen molar-refractivity contribution in [3.8, 4) is 11.1 Å². The number of aryl methyl sites for hydroxylation is 3. The minimum atomic E-state index is -4.68. The first-order valence-corrected chi connectivity index (χ1v) is 14.6. The molecule has 1 aliphatic heterocycles. The molecule has 232 valence electrons. The first-order chi connectivity index (χ1) is 21.5. The van der Waals surface area contributed by atoms with Gasteiger partial charge in [0.05, 0.1) is 29.7 Å². The molecule has 0 saturated carbocycles. The highest BCUT2D eigenvalue weighted by atomic mass is 19.4. The Balaban J connectivity index is 1.54. The summed E-state index contributed by atoms with van der Waals surface area (Å²) in [7, 11) is 1.44. The monoisotopic (exact) mass is 616 g/mol. The molecule has 3 aromatic heterocycles. The number of benzene rings is 2. The van der Waals surface area contributed by atoms with E-state index in [4.69, 9.17) is 4.74 Å². The molecule has 0 aliphatic carbocycles. The quantitative estimate of drug-likeness (QED) is 0.204. The molecule has 0 atom stereocenters. The summed E-state index contributed by atoms with van der Waals surface area (Å²) in [4.78, 5) is 37.7. The van der Waals surface area contributed by atoms with Gasteiger partial charge in [0.25, 0.3) is 5.91 Å². The molecule has 0 N–H and O–H groups in total. The highest BCUT2D eigenvalue weighted by molar-refractivity contribution is 6.15. The molecule has 4 heterocycles. The summed E-state index contributed by atoms with van der Waals surface area (Å²) in [5.41, 5.74) is 3.53. The average molecular weight is 617 g/mol. The van der Waals surface area contributed by atoms with Gasteiger partial charge in [-0.3, -0.25) is 14.5 Å². The Kier molecular flexibility index (Phi) is 7.67. The standard InChI is InChI=1S/C33H31F3N6O3/c1-5-20-12-25-28(11-19(3)38-29(25)26(13-20)32(44)45-6-2)42-9-7-22-23(27-17-40(4)39-30(27)33(34,35)36)14-21(15-24(22)31(42)43)16-41-10-8-37-18-41/h8,10-15,17-18H,5-7,9,16H2,1-4H3. The van der Waals surface area contributed by atoms with Crippen molar-refractivity contribution in [3.63, 3.8) is 0 Å². The average Bonchev–Trinajstić information content (AvgIpc) is 3.66. The van der Waals surface area contributed by atoms with Gasteiger partial charge in [0.2, 0.25) is 0 Å². The number of carbonyl (C=O) groups excluding carboxylic acids is 2. The van der Waals surface area contributed by atoms with Crippen molar-refractivity contribution in [2.24, 2.45) is 7.05 Å². The van der Waals surface area contributed by atoms with Crippen molar-refractivity contribution >= 4 is 28.5 Å². The summed E-state index contributed by atoms with van der Waals surface area (Å²) < 4.78 is 50.6. The summed E-state index contributed by atoms with van der Waals surface area (Å²) in [5.74, 6) is -0.850. The molecule has 0 fully saturated rings. The molecule has 0 spiro atoms. The van der Waals surface area contributed by atoms with Crippen LogP contribution in [0.25, 0.3) is 22.0 Å². The van der Waals surface area contributed by atoms with Crippen LogP contribution in [0.15, 0.2) is 55.2 Å². The van der Waals surface area contributed by atoms with Gasteiger partial charge in [-0.2, -0.15) is 18.3 Å². The fourth-order valence-electron chi connectivity index (χ4n) is 6.00. The number of halogens is 3. The van der Waals surface area contributed by atoms with E-state index < -0.39 is 17.8 Å². The predicted molar refractivity (Wildman–Crippen MR) is 162 cm³/mol. The smallest absolute Gasteiger partial charge is 0.435 e. The van der Waals surface area contributed by atoms with Crippen LogP contribution in [0.1, 0.15) is 62.6 Å². The Hall–Kier alpha value is -5.00. The number of carbonyl (C=O) groups is 2. The summed E-state index contributed by atoms with van der Waals surface area (Å²) in [6.07, 6.45) is 2.57. The van der Waals surface area contributed by atoms with Crippen LogP contribution in [0.3, 0.4) is 0 Å². The van der Waals surface area contributed by atoms with Crippen LogP contribution in [0.2, 0.25) is 0 Å². The van der Waals surface area contributed by atoms with Gasteiger partial charge in [-0.05, 0) is 79.3 Å². The maximum atomic E-state index is 14.4. The fraction of sp³-hybridized carbons (Fsp3) is 0.303. The molecule has 5 aromatic rings. The Morgan fingerprint density at radius 1 is 1.04 bits per heavy atom. The second-order valence-corrected chi connectivity index (χ2v) is 11.1. The topological polar surface area (TPSA) is 95.1 Å². The molecule has 0 radical (unpaired) electrons. The number of amides is 1. The van der Waals surface area contributed by atoms with E-state index in [-0.39, 0.29) is 24.6 Å². The largest absolute Gasteiger partial charge is 0.462 e. The zero-order chi connectivity index (χ0) is 32.0. The zero-order valence-corrected chi connectivity index (χ0v) is 25.3. The second-order valence-electron chi connectivity index (χ2n) is 11.1. The van der Waals surface area contributed by atoms with Crippen LogP contribution in [-0.2, 0) is 37.3 Å². The molecular weight excluding hydrogens is 585 g/mol. The predicted octanol–water partition coefficient (Wildman–Crippen LogP) is 6.15. The van der Waals surface area contributed by atoms with Gasteiger partial charge in [-0.1, -0.05) is 6.92 Å².